The Balaban J connectivity index is 2.47. The highest BCUT2D eigenvalue weighted by Crippen LogP contribution is 2.28. The number of fused-ring (bicyclic) bond motifs is 5. The molecule has 4 nitrogen and oxygen atoms in total. The predicted molar refractivity (Wildman–Crippen MR) is 90.0 cm³/mol. The number of benzene rings is 2. The average Bonchev–Trinajstić information content (AvgIpc) is 2.85. The van der Waals surface area contributed by atoms with Gasteiger partial charge < -0.3 is 0 Å². The molecule has 0 unspecified atom stereocenters. The smallest absolute Gasteiger partial charge is 0.267 e. The Labute approximate surface area is 139 Å². The summed E-state index contributed by atoms with van der Waals surface area (Å²) in [7, 11) is 0. The Morgan fingerprint density at radius 2 is 1.67 bits per heavy atom. The van der Waals surface area contributed by atoms with Crippen LogP contribution in [0, 0.1) is 0 Å². The zero-order valence-electron chi connectivity index (χ0n) is 10.2. The second kappa shape index (κ2) is 4.32. The Morgan fingerprint density at radius 3 is 2.43 bits per heavy atom. The van der Waals surface area contributed by atoms with Crippen LogP contribution in [0.5, 0.6) is 0 Å². The van der Waals surface area contributed by atoms with Gasteiger partial charge in [0.1, 0.15) is 0 Å². The molecule has 0 aliphatic carbocycles. The van der Waals surface area contributed by atoms with E-state index >= 15 is 0 Å². The van der Waals surface area contributed by atoms with Gasteiger partial charge in [0.2, 0.25) is 0 Å². The predicted octanol–water partition coefficient (Wildman–Crippen LogP) is 3.68. The standard InChI is InChI=1S/C14H5Br2ClN2O2/c15-6-3-9(16)12-11(4-6)18-10-5-7(17)1-2-8(10)13(20)19(18)14(12)21/h1-5H. The fourth-order valence-corrected chi connectivity index (χ4v) is 4.18. The van der Waals surface area contributed by atoms with E-state index in [-0.39, 0.29) is 11.1 Å². The molecule has 0 fully saturated rings. The Hall–Kier alpha value is -1.37. The summed E-state index contributed by atoms with van der Waals surface area (Å²) >= 11 is 12.8. The summed E-state index contributed by atoms with van der Waals surface area (Å²) in [5.74, 6) is 0. The maximum Gasteiger partial charge on any atom is 0.283 e. The monoisotopic (exact) mass is 426 g/mol. The van der Waals surface area contributed by atoms with Crippen molar-refractivity contribution in [1.29, 1.82) is 0 Å². The molecule has 0 amide bonds. The lowest BCUT2D eigenvalue weighted by Gasteiger charge is -1.98. The maximum atomic E-state index is 12.6. The van der Waals surface area contributed by atoms with Crippen molar-refractivity contribution in [2.45, 2.75) is 0 Å². The van der Waals surface area contributed by atoms with Crippen LogP contribution in [-0.4, -0.2) is 9.03 Å². The van der Waals surface area contributed by atoms with E-state index in [1.807, 2.05) is 0 Å². The minimum absolute atomic E-state index is 0.342. The van der Waals surface area contributed by atoms with Crippen LogP contribution in [0.2, 0.25) is 5.02 Å². The first-order valence-corrected chi connectivity index (χ1v) is 7.93. The van der Waals surface area contributed by atoms with E-state index in [1.54, 1.807) is 34.8 Å². The second-order valence-corrected chi connectivity index (χ2v) is 6.88. The van der Waals surface area contributed by atoms with Crippen molar-refractivity contribution in [3.63, 3.8) is 0 Å². The van der Waals surface area contributed by atoms with E-state index in [9.17, 15) is 9.59 Å². The Morgan fingerprint density at radius 1 is 0.905 bits per heavy atom. The van der Waals surface area contributed by atoms with E-state index in [1.165, 1.54) is 0 Å². The van der Waals surface area contributed by atoms with Crippen molar-refractivity contribution in [3.05, 3.63) is 65.0 Å². The van der Waals surface area contributed by atoms with Crippen LogP contribution in [-0.2, 0) is 0 Å². The number of rotatable bonds is 0. The molecule has 0 bridgehead atoms. The van der Waals surface area contributed by atoms with Gasteiger partial charge in [0.25, 0.3) is 11.1 Å². The molecule has 4 aromatic rings. The van der Waals surface area contributed by atoms with Gasteiger partial charge in [0, 0.05) is 14.0 Å². The molecular formula is C14H5Br2ClN2O2. The Kier molecular flexibility index (Phi) is 2.73. The third-order valence-corrected chi connectivity index (χ3v) is 4.80. The van der Waals surface area contributed by atoms with Crippen LogP contribution >= 0.6 is 43.5 Å². The van der Waals surface area contributed by atoms with Crippen molar-refractivity contribution in [2.24, 2.45) is 0 Å². The summed E-state index contributed by atoms with van der Waals surface area (Å²) in [6.45, 7) is 0. The van der Waals surface area contributed by atoms with Crippen LogP contribution in [0.15, 0.2) is 48.9 Å². The van der Waals surface area contributed by atoms with Gasteiger partial charge in [-0.2, -0.15) is 4.52 Å². The zero-order chi connectivity index (χ0) is 14.9. The van der Waals surface area contributed by atoms with Gasteiger partial charge in [-0.1, -0.05) is 27.5 Å². The highest BCUT2D eigenvalue weighted by atomic mass is 79.9. The normalized spacial score (nSPS) is 12.0. The first-order valence-electron chi connectivity index (χ1n) is 5.96. The maximum absolute atomic E-state index is 12.6. The summed E-state index contributed by atoms with van der Waals surface area (Å²) in [5.41, 5.74) is 0.577. The largest absolute Gasteiger partial charge is 0.283 e. The molecule has 0 saturated heterocycles. The molecule has 2 aromatic carbocycles. The zero-order valence-corrected chi connectivity index (χ0v) is 14.2. The van der Waals surface area contributed by atoms with E-state index in [2.05, 4.69) is 31.9 Å². The van der Waals surface area contributed by atoms with E-state index in [0.29, 0.717) is 31.3 Å². The highest BCUT2D eigenvalue weighted by molar-refractivity contribution is 9.11. The van der Waals surface area contributed by atoms with Crippen LogP contribution in [0.25, 0.3) is 21.8 Å². The lowest BCUT2D eigenvalue weighted by Crippen LogP contribution is -2.21. The molecule has 0 atom stereocenters. The number of nitrogens with zero attached hydrogens (tertiary/aromatic N) is 2. The van der Waals surface area contributed by atoms with Crippen LogP contribution in [0.4, 0.5) is 0 Å². The molecule has 4 rings (SSSR count). The van der Waals surface area contributed by atoms with Gasteiger partial charge in [-0.3, -0.25) is 9.59 Å². The van der Waals surface area contributed by atoms with E-state index in [4.69, 9.17) is 11.6 Å². The SMILES string of the molecule is O=c1c2ccc(Cl)cc2n2c3cc(Br)cc(Br)c3c(=O)n12. The number of aromatic nitrogens is 2. The number of hydrogen-bond acceptors (Lipinski definition) is 2. The fraction of sp³-hybridized carbons (Fsp3) is 0. The summed E-state index contributed by atoms with van der Waals surface area (Å²) in [5, 5.41) is 1.45. The molecule has 104 valence electrons. The van der Waals surface area contributed by atoms with Gasteiger partial charge in [-0.25, -0.2) is 4.52 Å². The van der Waals surface area contributed by atoms with Crippen LogP contribution < -0.4 is 11.1 Å². The molecule has 2 aromatic heterocycles. The fourth-order valence-electron chi connectivity index (χ4n) is 2.64. The quantitative estimate of drug-likeness (QED) is 0.429. The van der Waals surface area contributed by atoms with Crippen molar-refractivity contribution in [2.75, 3.05) is 0 Å². The number of halogens is 3. The molecule has 0 spiro atoms. The highest BCUT2D eigenvalue weighted by Gasteiger charge is 2.19. The molecule has 7 heteroatoms. The average molecular weight is 428 g/mol. The van der Waals surface area contributed by atoms with E-state index < -0.39 is 0 Å². The topological polar surface area (TPSA) is 43.0 Å². The first-order chi connectivity index (χ1) is 9.99. The number of hydrogen-bond donors (Lipinski definition) is 0. The summed E-state index contributed by atoms with van der Waals surface area (Å²) in [6.07, 6.45) is 0. The van der Waals surface area contributed by atoms with E-state index in [0.717, 1.165) is 8.99 Å². The lowest BCUT2D eigenvalue weighted by atomic mass is 10.2. The van der Waals surface area contributed by atoms with Crippen LogP contribution in [0.1, 0.15) is 0 Å². The van der Waals surface area contributed by atoms with Gasteiger partial charge in [-0.15, -0.1) is 0 Å². The van der Waals surface area contributed by atoms with Gasteiger partial charge in [-0.05, 0) is 46.3 Å². The lowest BCUT2D eigenvalue weighted by molar-refractivity contribution is 0.841. The third kappa shape index (κ3) is 1.66. The summed E-state index contributed by atoms with van der Waals surface area (Å²) in [6, 6.07) is 8.55. The molecule has 0 aliphatic heterocycles. The second-order valence-electron chi connectivity index (χ2n) is 4.68. The van der Waals surface area contributed by atoms with Crippen molar-refractivity contribution in [3.8, 4) is 0 Å². The van der Waals surface area contributed by atoms with Gasteiger partial charge >= 0.3 is 0 Å². The Bertz CT molecular complexity index is 1160. The van der Waals surface area contributed by atoms with Crippen molar-refractivity contribution in [1.82, 2.24) is 9.03 Å². The minimum Gasteiger partial charge on any atom is -0.267 e. The molecular weight excluding hydrogens is 423 g/mol. The first kappa shape index (κ1) is 13.3. The van der Waals surface area contributed by atoms with Crippen molar-refractivity contribution < 1.29 is 0 Å². The molecule has 0 aliphatic rings. The van der Waals surface area contributed by atoms with Crippen molar-refractivity contribution >= 4 is 65.3 Å². The van der Waals surface area contributed by atoms with Gasteiger partial charge in [0.05, 0.1) is 21.8 Å². The summed E-state index contributed by atoms with van der Waals surface area (Å²) < 4.78 is 4.20. The summed E-state index contributed by atoms with van der Waals surface area (Å²) in [4.78, 5) is 25.0. The molecule has 2 heterocycles. The van der Waals surface area contributed by atoms with Crippen LogP contribution in [0.3, 0.4) is 0 Å². The molecule has 21 heavy (non-hydrogen) atoms. The molecule has 0 N–H and O–H groups in total. The minimum atomic E-state index is -0.346. The molecule has 0 radical (unpaired) electrons. The molecule has 0 saturated carbocycles. The van der Waals surface area contributed by atoms with Gasteiger partial charge in [0.15, 0.2) is 0 Å². The third-order valence-electron chi connectivity index (χ3n) is 3.48.